The number of hydrogen-bond acceptors (Lipinski definition) is 3. The van der Waals surface area contributed by atoms with Crippen LogP contribution in [-0.4, -0.2) is 24.5 Å². The van der Waals surface area contributed by atoms with Crippen molar-refractivity contribution in [3.8, 4) is 0 Å². The van der Waals surface area contributed by atoms with Gasteiger partial charge >= 0.3 is 6.18 Å². The number of alkyl halides is 3. The van der Waals surface area contributed by atoms with E-state index in [9.17, 15) is 18.0 Å². The molecule has 18 heavy (non-hydrogen) atoms. The summed E-state index contributed by atoms with van der Waals surface area (Å²) in [6.07, 6.45) is -3.83. The number of nitrogens with two attached hydrogens (primary N) is 1. The highest BCUT2D eigenvalue weighted by Gasteiger charge is 2.33. The second kappa shape index (κ2) is 5.24. The fraction of sp³-hybridized carbons (Fsp3) is 0.455. The number of aromatic nitrogens is 1. The summed E-state index contributed by atoms with van der Waals surface area (Å²) in [6.45, 7) is 2.35. The Morgan fingerprint density at radius 2 is 2.06 bits per heavy atom. The van der Waals surface area contributed by atoms with Crippen LogP contribution in [0.15, 0.2) is 12.1 Å². The quantitative estimate of drug-likeness (QED) is 0.902. The van der Waals surface area contributed by atoms with Gasteiger partial charge in [0, 0.05) is 13.6 Å². The highest BCUT2D eigenvalue weighted by molar-refractivity contribution is 5.97. The lowest BCUT2D eigenvalue weighted by Crippen LogP contribution is -2.25. The molecule has 1 rings (SSSR count). The second-order valence-corrected chi connectivity index (χ2v) is 3.85. The molecule has 0 saturated heterocycles. The van der Waals surface area contributed by atoms with Crippen LogP contribution in [0.25, 0.3) is 0 Å². The van der Waals surface area contributed by atoms with Crippen molar-refractivity contribution in [1.82, 2.24) is 4.98 Å². The molecular formula is C11H14F3N3O. The molecule has 0 bridgehead atoms. The minimum Gasteiger partial charge on any atom is -0.365 e. The molecule has 1 amide bonds. The Labute approximate surface area is 103 Å². The van der Waals surface area contributed by atoms with Gasteiger partial charge in [-0.15, -0.1) is 0 Å². The van der Waals surface area contributed by atoms with Gasteiger partial charge in [-0.2, -0.15) is 13.2 Å². The monoisotopic (exact) mass is 261 g/mol. The zero-order valence-corrected chi connectivity index (χ0v) is 10.1. The van der Waals surface area contributed by atoms with Crippen LogP contribution < -0.4 is 10.6 Å². The molecule has 0 radical (unpaired) electrons. The van der Waals surface area contributed by atoms with E-state index in [0.717, 1.165) is 12.1 Å². The molecule has 0 aliphatic heterocycles. The Morgan fingerprint density at radius 1 is 1.44 bits per heavy atom. The molecule has 1 aromatic heterocycles. The van der Waals surface area contributed by atoms with E-state index >= 15 is 0 Å². The third kappa shape index (κ3) is 3.12. The Kier molecular flexibility index (Phi) is 4.15. The summed E-state index contributed by atoms with van der Waals surface area (Å²) in [4.78, 5) is 16.1. The molecule has 100 valence electrons. The molecule has 4 nitrogen and oxygen atoms in total. The third-order valence-electron chi connectivity index (χ3n) is 2.35. The predicted octanol–water partition coefficient (Wildman–Crippen LogP) is 2.05. The summed E-state index contributed by atoms with van der Waals surface area (Å²) in [5, 5.41) is 0. The van der Waals surface area contributed by atoms with E-state index < -0.39 is 17.8 Å². The third-order valence-corrected chi connectivity index (χ3v) is 2.35. The first-order valence-corrected chi connectivity index (χ1v) is 5.36. The lowest BCUT2D eigenvalue weighted by Gasteiger charge is -2.20. The van der Waals surface area contributed by atoms with E-state index in [1.165, 1.54) is 4.90 Å². The fourth-order valence-corrected chi connectivity index (χ4v) is 1.53. The molecule has 1 aromatic rings. The summed E-state index contributed by atoms with van der Waals surface area (Å²) in [5.74, 6) is -0.839. The minimum absolute atomic E-state index is 0.0149. The van der Waals surface area contributed by atoms with Crippen molar-refractivity contribution in [2.75, 3.05) is 18.5 Å². The molecule has 0 aliphatic rings. The van der Waals surface area contributed by atoms with E-state index in [0.29, 0.717) is 13.0 Å². The molecule has 7 heteroatoms. The van der Waals surface area contributed by atoms with E-state index in [2.05, 4.69) is 4.98 Å². The highest BCUT2D eigenvalue weighted by atomic mass is 19.4. The maximum Gasteiger partial charge on any atom is 0.433 e. The molecule has 0 atom stereocenters. The van der Waals surface area contributed by atoms with E-state index in [1.54, 1.807) is 7.05 Å². The molecule has 0 aromatic carbocycles. The average Bonchev–Trinajstić information content (AvgIpc) is 2.27. The number of pyridine rings is 1. The highest BCUT2D eigenvalue weighted by Crippen LogP contribution is 2.30. The van der Waals surface area contributed by atoms with E-state index in [-0.39, 0.29) is 11.4 Å². The first kappa shape index (κ1) is 14.3. The van der Waals surface area contributed by atoms with Crippen molar-refractivity contribution in [3.63, 3.8) is 0 Å². The van der Waals surface area contributed by atoms with Gasteiger partial charge in [-0.3, -0.25) is 4.79 Å². The van der Waals surface area contributed by atoms with Crippen molar-refractivity contribution < 1.29 is 18.0 Å². The maximum atomic E-state index is 12.6. The van der Waals surface area contributed by atoms with Gasteiger partial charge in [0.05, 0.1) is 5.56 Å². The van der Waals surface area contributed by atoms with Crippen molar-refractivity contribution >= 4 is 11.7 Å². The van der Waals surface area contributed by atoms with Gasteiger partial charge in [-0.25, -0.2) is 4.98 Å². The first-order valence-electron chi connectivity index (χ1n) is 5.36. The van der Waals surface area contributed by atoms with Crippen LogP contribution in [0.3, 0.4) is 0 Å². The van der Waals surface area contributed by atoms with Gasteiger partial charge in [-0.05, 0) is 18.6 Å². The molecule has 2 N–H and O–H groups in total. The number of carbonyl (C=O) groups is 1. The van der Waals surface area contributed by atoms with Crippen molar-refractivity contribution in [2.45, 2.75) is 19.5 Å². The zero-order chi connectivity index (χ0) is 13.9. The van der Waals surface area contributed by atoms with Crippen LogP contribution >= 0.6 is 0 Å². The molecule has 0 spiro atoms. The SMILES string of the molecule is CCCN(C)c1nc(C(F)(F)F)ccc1C(N)=O. The molecular weight excluding hydrogens is 247 g/mol. The number of carbonyl (C=O) groups excluding carboxylic acids is 1. The van der Waals surface area contributed by atoms with Crippen LogP contribution in [0.2, 0.25) is 0 Å². The van der Waals surface area contributed by atoms with Gasteiger partial charge in [-0.1, -0.05) is 6.92 Å². The van der Waals surface area contributed by atoms with Crippen LogP contribution in [0.4, 0.5) is 19.0 Å². The van der Waals surface area contributed by atoms with Gasteiger partial charge < -0.3 is 10.6 Å². The van der Waals surface area contributed by atoms with Crippen LogP contribution in [0.1, 0.15) is 29.4 Å². The lowest BCUT2D eigenvalue weighted by molar-refractivity contribution is -0.141. The molecule has 0 fully saturated rings. The van der Waals surface area contributed by atoms with Crippen molar-refractivity contribution in [2.24, 2.45) is 5.73 Å². The smallest absolute Gasteiger partial charge is 0.365 e. The summed E-state index contributed by atoms with van der Waals surface area (Å²) in [5.41, 5.74) is 4.07. The summed E-state index contributed by atoms with van der Waals surface area (Å²) in [7, 11) is 1.57. The predicted molar refractivity (Wildman–Crippen MR) is 61.3 cm³/mol. The molecule has 1 heterocycles. The topological polar surface area (TPSA) is 59.2 Å². The molecule has 0 saturated carbocycles. The standard InChI is InChI=1S/C11H14F3N3O/c1-3-6-17(2)10-7(9(15)18)4-5-8(16-10)11(12,13)14/h4-5H,3,6H2,1-2H3,(H2,15,18). The van der Waals surface area contributed by atoms with Crippen LogP contribution in [-0.2, 0) is 6.18 Å². The Bertz CT molecular complexity index is 446. The molecule has 0 aliphatic carbocycles. The molecule has 0 unspecified atom stereocenters. The summed E-state index contributed by atoms with van der Waals surface area (Å²) < 4.78 is 37.7. The average molecular weight is 261 g/mol. The normalized spacial score (nSPS) is 11.4. The van der Waals surface area contributed by atoms with Gasteiger partial charge in [0.15, 0.2) is 0 Å². The van der Waals surface area contributed by atoms with Crippen molar-refractivity contribution in [3.05, 3.63) is 23.4 Å². The first-order chi connectivity index (χ1) is 8.27. The Hall–Kier alpha value is -1.79. The van der Waals surface area contributed by atoms with Crippen LogP contribution in [0.5, 0.6) is 0 Å². The van der Waals surface area contributed by atoms with Gasteiger partial charge in [0.25, 0.3) is 5.91 Å². The summed E-state index contributed by atoms with van der Waals surface area (Å²) >= 11 is 0. The second-order valence-electron chi connectivity index (χ2n) is 3.85. The van der Waals surface area contributed by atoms with E-state index in [1.807, 2.05) is 6.92 Å². The number of amides is 1. The number of halogens is 3. The largest absolute Gasteiger partial charge is 0.433 e. The van der Waals surface area contributed by atoms with Crippen LogP contribution in [0, 0.1) is 0 Å². The number of hydrogen-bond donors (Lipinski definition) is 1. The number of nitrogens with zero attached hydrogens (tertiary/aromatic N) is 2. The van der Waals surface area contributed by atoms with Gasteiger partial charge in [0.1, 0.15) is 11.5 Å². The Balaban J connectivity index is 3.28. The number of rotatable bonds is 4. The van der Waals surface area contributed by atoms with Gasteiger partial charge in [0.2, 0.25) is 0 Å². The maximum absolute atomic E-state index is 12.6. The van der Waals surface area contributed by atoms with E-state index in [4.69, 9.17) is 5.73 Å². The minimum atomic E-state index is -4.54. The number of anilines is 1. The Morgan fingerprint density at radius 3 is 2.50 bits per heavy atom. The lowest BCUT2D eigenvalue weighted by atomic mass is 10.2. The zero-order valence-electron chi connectivity index (χ0n) is 10.1. The summed E-state index contributed by atoms with van der Waals surface area (Å²) in [6, 6.07) is 1.81. The fourth-order valence-electron chi connectivity index (χ4n) is 1.53. The number of primary amides is 1. The van der Waals surface area contributed by atoms with Crippen molar-refractivity contribution in [1.29, 1.82) is 0 Å².